The highest BCUT2D eigenvalue weighted by atomic mass is 14.8. The number of hydrogen-bond acceptors (Lipinski definition) is 2. The molecule has 0 unspecified atom stereocenters. The van der Waals surface area contributed by atoms with Gasteiger partial charge in [0.1, 0.15) is 6.33 Å². The Bertz CT molecular complexity index is 584. The molecule has 3 aromatic rings. The smallest absolute Gasteiger partial charge is 0.116 e. The summed E-state index contributed by atoms with van der Waals surface area (Å²) in [5.74, 6) is 0. The van der Waals surface area contributed by atoms with E-state index in [0.717, 1.165) is 16.8 Å². The van der Waals surface area contributed by atoms with Gasteiger partial charge in [-0.25, -0.2) is 9.97 Å². The van der Waals surface area contributed by atoms with Gasteiger partial charge < -0.3 is 4.98 Å². The Hall–Kier alpha value is -2.16. The Morgan fingerprint density at radius 2 is 2.07 bits per heavy atom. The van der Waals surface area contributed by atoms with Gasteiger partial charge in [-0.05, 0) is 23.6 Å². The van der Waals surface area contributed by atoms with E-state index < -0.39 is 0 Å². The van der Waals surface area contributed by atoms with E-state index in [1.807, 2.05) is 12.3 Å². The second kappa shape index (κ2) is 3.20. The largest absolute Gasteiger partial charge is 0.361 e. The molecule has 2 aromatic heterocycles. The van der Waals surface area contributed by atoms with Gasteiger partial charge >= 0.3 is 0 Å². The molecular formula is C12H9N3. The normalized spacial score (nSPS) is 10.7. The zero-order valence-electron chi connectivity index (χ0n) is 8.01. The van der Waals surface area contributed by atoms with Crippen molar-refractivity contribution < 1.29 is 0 Å². The van der Waals surface area contributed by atoms with Gasteiger partial charge in [0.05, 0.1) is 5.69 Å². The van der Waals surface area contributed by atoms with Crippen LogP contribution in [0.3, 0.4) is 0 Å². The summed E-state index contributed by atoms with van der Waals surface area (Å²) in [7, 11) is 0. The molecule has 3 heteroatoms. The van der Waals surface area contributed by atoms with E-state index in [2.05, 4.69) is 39.2 Å². The van der Waals surface area contributed by atoms with E-state index in [1.165, 1.54) is 5.39 Å². The molecule has 0 radical (unpaired) electrons. The minimum atomic E-state index is 0.946. The highest BCUT2D eigenvalue weighted by Gasteiger charge is 2.00. The van der Waals surface area contributed by atoms with Crippen molar-refractivity contribution >= 4 is 10.9 Å². The SMILES string of the molecule is c1cc(-c2ccc3cc[nH]c3c2)ncn1. The van der Waals surface area contributed by atoms with E-state index in [0.29, 0.717) is 0 Å². The van der Waals surface area contributed by atoms with Crippen LogP contribution in [0, 0.1) is 0 Å². The Kier molecular flexibility index (Phi) is 1.75. The number of nitrogens with one attached hydrogen (secondary N) is 1. The van der Waals surface area contributed by atoms with Gasteiger partial charge in [0.2, 0.25) is 0 Å². The molecule has 0 bridgehead atoms. The summed E-state index contributed by atoms with van der Waals surface area (Å²) >= 11 is 0. The first-order chi connectivity index (χ1) is 7.43. The quantitative estimate of drug-likeness (QED) is 0.648. The number of aromatic amines is 1. The molecule has 0 atom stereocenters. The average Bonchev–Trinajstić information content (AvgIpc) is 2.77. The minimum Gasteiger partial charge on any atom is -0.361 e. The van der Waals surface area contributed by atoms with Crippen LogP contribution in [0.1, 0.15) is 0 Å². The summed E-state index contributed by atoms with van der Waals surface area (Å²) in [4.78, 5) is 11.3. The number of hydrogen-bond donors (Lipinski definition) is 1. The first-order valence-electron chi connectivity index (χ1n) is 4.77. The summed E-state index contributed by atoms with van der Waals surface area (Å²) in [6.07, 6.45) is 5.25. The average molecular weight is 195 g/mol. The van der Waals surface area contributed by atoms with Gasteiger partial charge in [-0.15, -0.1) is 0 Å². The van der Waals surface area contributed by atoms with Crippen molar-refractivity contribution in [2.24, 2.45) is 0 Å². The predicted molar refractivity (Wildman–Crippen MR) is 59.3 cm³/mol. The zero-order chi connectivity index (χ0) is 10.1. The Balaban J connectivity index is 2.19. The van der Waals surface area contributed by atoms with Gasteiger partial charge in [-0.3, -0.25) is 0 Å². The molecule has 15 heavy (non-hydrogen) atoms. The summed E-state index contributed by atoms with van der Waals surface area (Å²) < 4.78 is 0. The highest BCUT2D eigenvalue weighted by molar-refractivity contribution is 5.84. The monoisotopic (exact) mass is 195 g/mol. The van der Waals surface area contributed by atoms with Crippen LogP contribution in [-0.2, 0) is 0 Å². The van der Waals surface area contributed by atoms with Crippen molar-refractivity contribution in [2.75, 3.05) is 0 Å². The van der Waals surface area contributed by atoms with Crippen molar-refractivity contribution in [3.8, 4) is 11.3 Å². The lowest BCUT2D eigenvalue weighted by Gasteiger charge is -1.99. The Morgan fingerprint density at radius 3 is 2.93 bits per heavy atom. The number of benzene rings is 1. The number of fused-ring (bicyclic) bond motifs is 1. The van der Waals surface area contributed by atoms with Gasteiger partial charge in [0, 0.05) is 23.5 Å². The molecule has 0 spiro atoms. The van der Waals surface area contributed by atoms with Gasteiger partial charge in [0.15, 0.2) is 0 Å². The lowest BCUT2D eigenvalue weighted by Crippen LogP contribution is -1.83. The minimum absolute atomic E-state index is 0.946. The molecule has 1 aromatic carbocycles. The first-order valence-corrected chi connectivity index (χ1v) is 4.77. The van der Waals surface area contributed by atoms with Crippen molar-refractivity contribution in [2.45, 2.75) is 0 Å². The molecule has 0 aliphatic carbocycles. The number of aromatic nitrogens is 3. The summed E-state index contributed by atoms with van der Waals surface area (Å²) in [6.45, 7) is 0. The third-order valence-electron chi connectivity index (χ3n) is 2.43. The van der Waals surface area contributed by atoms with E-state index >= 15 is 0 Å². The molecule has 3 rings (SSSR count). The highest BCUT2D eigenvalue weighted by Crippen LogP contribution is 2.21. The second-order valence-corrected chi connectivity index (χ2v) is 3.37. The molecule has 0 fully saturated rings. The van der Waals surface area contributed by atoms with Crippen LogP contribution in [0.15, 0.2) is 49.1 Å². The fraction of sp³-hybridized carbons (Fsp3) is 0. The standard InChI is InChI=1S/C12H9N3/c1-2-10(11-4-5-13-8-15-11)7-12-9(1)3-6-14-12/h1-8,14H. The fourth-order valence-corrected chi connectivity index (χ4v) is 1.67. The zero-order valence-corrected chi connectivity index (χ0v) is 8.01. The van der Waals surface area contributed by atoms with Crippen LogP contribution in [-0.4, -0.2) is 15.0 Å². The van der Waals surface area contributed by atoms with Crippen molar-refractivity contribution in [3.05, 3.63) is 49.1 Å². The first kappa shape index (κ1) is 8.17. The predicted octanol–water partition coefficient (Wildman–Crippen LogP) is 2.62. The van der Waals surface area contributed by atoms with E-state index in [9.17, 15) is 0 Å². The lowest BCUT2D eigenvalue weighted by atomic mass is 10.1. The summed E-state index contributed by atoms with van der Waals surface area (Å²) in [5, 5.41) is 1.22. The van der Waals surface area contributed by atoms with Crippen molar-refractivity contribution in [1.82, 2.24) is 15.0 Å². The summed E-state index contributed by atoms with van der Waals surface area (Å²) in [6, 6.07) is 10.2. The van der Waals surface area contributed by atoms with Crippen molar-refractivity contribution in [1.29, 1.82) is 0 Å². The van der Waals surface area contributed by atoms with Crippen LogP contribution in [0.4, 0.5) is 0 Å². The molecule has 0 amide bonds. The second-order valence-electron chi connectivity index (χ2n) is 3.37. The van der Waals surface area contributed by atoms with Gasteiger partial charge in [-0.2, -0.15) is 0 Å². The maximum Gasteiger partial charge on any atom is 0.116 e. The van der Waals surface area contributed by atoms with Gasteiger partial charge in [0.25, 0.3) is 0 Å². The fourth-order valence-electron chi connectivity index (χ4n) is 1.67. The molecule has 1 N–H and O–H groups in total. The van der Waals surface area contributed by atoms with Crippen molar-refractivity contribution in [3.63, 3.8) is 0 Å². The lowest BCUT2D eigenvalue weighted by molar-refractivity contribution is 1.17. The molecule has 3 nitrogen and oxygen atoms in total. The number of nitrogens with zero attached hydrogens (tertiary/aromatic N) is 2. The van der Waals surface area contributed by atoms with Crippen LogP contribution in [0.25, 0.3) is 22.2 Å². The van der Waals surface area contributed by atoms with Gasteiger partial charge in [-0.1, -0.05) is 12.1 Å². The van der Waals surface area contributed by atoms with E-state index in [-0.39, 0.29) is 0 Å². The van der Waals surface area contributed by atoms with Crippen LogP contribution < -0.4 is 0 Å². The maximum absolute atomic E-state index is 4.22. The number of H-pyrrole nitrogens is 1. The molecule has 0 saturated carbocycles. The molecule has 72 valence electrons. The Labute approximate surface area is 86.8 Å². The Morgan fingerprint density at radius 1 is 1.07 bits per heavy atom. The summed E-state index contributed by atoms with van der Waals surface area (Å²) in [5.41, 5.74) is 3.18. The number of rotatable bonds is 1. The molecular weight excluding hydrogens is 186 g/mol. The third kappa shape index (κ3) is 1.38. The van der Waals surface area contributed by atoms with E-state index in [4.69, 9.17) is 0 Å². The van der Waals surface area contributed by atoms with Crippen LogP contribution >= 0.6 is 0 Å². The van der Waals surface area contributed by atoms with Crippen LogP contribution in [0.5, 0.6) is 0 Å². The maximum atomic E-state index is 4.22. The molecule has 0 aliphatic rings. The van der Waals surface area contributed by atoms with E-state index in [1.54, 1.807) is 12.5 Å². The topological polar surface area (TPSA) is 41.6 Å². The molecule has 0 saturated heterocycles. The molecule has 2 heterocycles. The van der Waals surface area contributed by atoms with Crippen LogP contribution in [0.2, 0.25) is 0 Å². The third-order valence-corrected chi connectivity index (χ3v) is 2.43. The molecule has 0 aliphatic heterocycles.